The molecule has 0 radical (unpaired) electrons. The number of aromatic amines is 1. The highest BCUT2D eigenvalue weighted by Crippen LogP contribution is 2.17. The monoisotopic (exact) mass is 263 g/mol. The molecule has 0 aromatic carbocycles. The number of H-pyrrole nitrogens is 1. The molecule has 104 valence electrons. The summed E-state index contributed by atoms with van der Waals surface area (Å²) in [4.78, 5) is 28.2. The first-order valence-electron chi connectivity index (χ1n) is 6.90. The predicted molar refractivity (Wildman–Crippen MR) is 74.2 cm³/mol. The van der Waals surface area contributed by atoms with Gasteiger partial charge in [0.2, 0.25) is 0 Å². The number of hydrogen-bond donors (Lipinski definition) is 2. The summed E-state index contributed by atoms with van der Waals surface area (Å²) in [5.74, 6) is 0.488. The number of nitrogens with zero attached hydrogens (tertiary/aromatic N) is 1. The van der Waals surface area contributed by atoms with Crippen LogP contribution in [0.3, 0.4) is 0 Å². The van der Waals surface area contributed by atoms with Crippen molar-refractivity contribution in [3.8, 4) is 0 Å². The van der Waals surface area contributed by atoms with Crippen LogP contribution in [-0.2, 0) is 0 Å². The second kappa shape index (κ2) is 6.52. The van der Waals surface area contributed by atoms with Crippen LogP contribution in [0.5, 0.6) is 0 Å². The fourth-order valence-electron chi connectivity index (χ4n) is 2.45. The van der Waals surface area contributed by atoms with Crippen molar-refractivity contribution in [1.29, 1.82) is 0 Å². The predicted octanol–water partition coefficient (Wildman–Crippen LogP) is 0.837. The Bertz CT molecular complexity index is 476. The molecule has 5 heteroatoms. The first-order chi connectivity index (χ1) is 9.22. The highest BCUT2D eigenvalue weighted by atomic mass is 16.2. The van der Waals surface area contributed by atoms with E-state index in [9.17, 15) is 9.59 Å². The molecule has 0 atom stereocenters. The van der Waals surface area contributed by atoms with Gasteiger partial charge < -0.3 is 15.2 Å². The molecule has 1 fully saturated rings. The minimum absolute atomic E-state index is 0.149. The molecule has 19 heavy (non-hydrogen) atoms. The molecule has 1 aromatic rings. The van der Waals surface area contributed by atoms with Gasteiger partial charge in [-0.15, -0.1) is 0 Å². The quantitative estimate of drug-likeness (QED) is 0.846. The van der Waals surface area contributed by atoms with Crippen LogP contribution in [0.15, 0.2) is 23.1 Å². The van der Waals surface area contributed by atoms with E-state index in [0.717, 1.165) is 39.0 Å². The summed E-state index contributed by atoms with van der Waals surface area (Å²) in [6.07, 6.45) is 3.55. The van der Waals surface area contributed by atoms with Gasteiger partial charge in [-0.1, -0.05) is 6.92 Å². The van der Waals surface area contributed by atoms with Crippen molar-refractivity contribution in [2.45, 2.75) is 19.8 Å². The Balaban J connectivity index is 1.93. The zero-order valence-electron chi connectivity index (χ0n) is 11.3. The van der Waals surface area contributed by atoms with E-state index in [4.69, 9.17) is 0 Å². The van der Waals surface area contributed by atoms with Gasteiger partial charge in [0.1, 0.15) is 5.56 Å². The van der Waals surface area contributed by atoms with E-state index in [1.54, 1.807) is 23.2 Å². The zero-order chi connectivity index (χ0) is 13.7. The number of likely N-dealkylation sites (tertiary alicyclic amines) is 1. The van der Waals surface area contributed by atoms with Crippen molar-refractivity contribution in [1.82, 2.24) is 15.2 Å². The average molecular weight is 263 g/mol. The lowest BCUT2D eigenvalue weighted by atomic mass is 9.96. The maximum atomic E-state index is 12.2. The molecule has 0 unspecified atom stereocenters. The van der Waals surface area contributed by atoms with Crippen LogP contribution in [-0.4, -0.2) is 42.0 Å². The Labute approximate surface area is 113 Å². The maximum Gasteiger partial charge on any atom is 0.260 e. The second-order valence-corrected chi connectivity index (χ2v) is 4.96. The first kappa shape index (κ1) is 13.8. The SMILES string of the molecule is CCNCC1CCN(C(=O)c2ccc[nH]c2=O)CC1. The molecule has 0 aliphatic carbocycles. The van der Waals surface area contributed by atoms with E-state index >= 15 is 0 Å². The standard InChI is InChI=1S/C14H21N3O2/c1-2-15-10-11-5-8-17(9-6-11)14(19)12-4-3-7-16-13(12)18/h3-4,7,11,15H,2,5-6,8-10H2,1H3,(H,16,18). The molecule has 0 bridgehead atoms. The molecule has 2 N–H and O–H groups in total. The van der Waals surface area contributed by atoms with Gasteiger partial charge in [0.25, 0.3) is 11.5 Å². The van der Waals surface area contributed by atoms with Crippen LogP contribution in [0, 0.1) is 5.92 Å². The summed E-state index contributed by atoms with van der Waals surface area (Å²) in [5, 5.41) is 3.34. The third kappa shape index (κ3) is 3.44. The Kier molecular flexibility index (Phi) is 4.74. The summed E-state index contributed by atoms with van der Waals surface area (Å²) in [5.41, 5.74) is -0.0603. The Morgan fingerprint density at radius 2 is 2.21 bits per heavy atom. The lowest BCUT2D eigenvalue weighted by molar-refractivity contribution is 0.0688. The number of aromatic nitrogens is 1. The summed E-state index contributed by atoms with van der Waals surface area (Å²) in [6.45, 7) is 5.58. The zero-order valence-corrected chi connectivity index (χ0v) is 11.3. The van der Waals surface area contributed by atoms with Gasteiger partial charge in [-0.3, -0.25) is 9.59 Å². The highest BCUT2D eigenvalue weighted by molar-refractivity contribution is 5.93. The van der Waals surface area contributed by atoms with E-state index in [1.807, 2.05) is 0 Å². The largest absolute Gasteiger partial charge is 0.338 e. The molecule has 5 nitrogen and oxygen atoms in total. The molecule has 1 aromatic heterocycles. The molecule has 1 aliphatic heterocycles. The van der Waals surface area contributed by atoms with Gasteiger partial charge in [-0.05, 0) is 44.0 Å². The topological polar surface area (TPSA) is 65.2 Å². The van der Waals surface area contributed by atoms with Crippen LogP contribution in [0.1, 0.15) is 30.1 Å². The van der Waals surface area contributed by atoms with Gasteiger partial charge >= 0.3 is 0 Å². The second-order valence-electron chi connectivity index (χ2n) is 4.96. The van der Waals surface area contributed by atoms with E-state index in [0.29, 0.717) is 5.92 Å². The van der Waals surface area contributed by atoms with Crippen molar-refractivity contribution < 1.29 is 4.79 Å². The van der Waals surface area contributed by atoms with Crippen LogP contribution in [0.2, 0.25) is 0 Å². The molecular weight excluding hydrogens is 242 g/mol. The number of nitrogens with one attached hydrogen (secondary N) is 2. The number of rotatable bonds is 4. The minimum Gasteiger partial charge on any atom is -0.338 e. The van der Waals surface area contributed by atoms with Gasteiger partial charge in [0.05, 0.1) is 0 Å². The van der Waals surface area contributed by atoms with Crippen molar-refractivity contribution >= 4 is 5.91 Å². The Morgan fingerprint density at radius 3 is 2.84 bits per heavy atom. The Hall–Kier alpha value is -1.62. The normalized spacial score (nSPS) is 16.6. The Morgan fingerprint density at radius 1 is 1.47 bits per heavy atom. The molecule has 0 spiro atoms. The smallest absolute Gasteiger partial charge is 0.260 e. The molecule has 1 aliphatic rings. The number of piperidine rings is 1. The summed E-state index contributed by atoms with van der Waals surface area (Å²) in [7, 11) is 0. The first-order valence-corrected chi connectivity index (χ1v) is 6.90. The average Bonchev–Trinajstić information content (AvgIpc) is 2.45. The van der Waals surface area contributed by atoms with Gasteiger partial charge in [0.15, 0.2) is 0 Å². The van der Waals surface area contributed by atoms with Crippen LogP contribution < -0.4 is 10.9 Å². The number of amides is 1. The number of pyridine rings is 1. The van der Waals surface area contributed by atoms with Gasteiger partial charge in [-0.2, -0.15) is 0 Å². The number of hydrogen-bond acceptors (Lipinski definition) is 3. The highest BCUT2D eigenvalue weighted by Gasteiger charge is 2.24. The third-order valence-corrected chi connectivity index (χ3v) is 3.63. The van der Waals surface area contributed by atoms with Crippen LogP contribution in [0.25, 0.3) is 0 Å². The van der Waals surface area contributed by atoms with Gasteiger partial charge in [0, 0.05) is 19.3 Å². The van der Waals surface area contributed by atoms with Crippen LogP contribution in [0.4, 0.5) is 0 Å². The number of carbonyl (C=O) groups is 1. The van der Waals surface area contributed by atoms with Crippen LogP contribution >= 0.6 is 0 Å². The van der Waals surface area contributed by atoms with E-state index in [-0.39, 0.29) is 17.0 Å². The lowest BCUT2D eigenvalue weighted by Crippen LogP contribution is -2.42. The summed E-state index contributed by atoms with van der Waals surface area (Å²) in [6, 6.07) is 3.28. The van der Waals surface area contributed by atoms with Crippen molar-refractivity contribution in [3.63, 3.8) is 0 Å². The van der Waals surface area contributed by atoms with E-state index in [1.165, 1.54) is 0 Å². The van der Waals surface area contributed by atoms with Gasteiger partial charge in [-0.25, -0.2) is 0 Å². The molecular formula is C14H21N3O2. The molecule has 0 saturated carbocycles. The van der Waals surface area contributed by atoms with E-state index in [2.05, 4.69) is 17.2 Å². The molecule has 1 saturated heterocycles. The fourth-order valence-corrected chi connectivity index (χ4v) is 2.45. The van der Waals surface area contributed by atoms with Crippen molar-refractivity contribution in [3.05, 3.63) is 34.2 Å². The molecule has 1 amide bonds. The molecule has 2 heterocycles. The molecule has 2 rings (SSSR count). The van der Waals surface area contributed by atoms with Crippen molar-refractivity contribution in [2.24, 2.45) is 5.92 Å². The minimum atomic E-state index is -0.303. The maximum absolute atomic E-state index is 12.2. The summed E-state index contributed by atoms with van der Waals surface area (Å²) < 4.78 is 0. The number of carbonyl (C=O) groups excluding carboxylic acids is 1. The third-order valence-electron chi connectivity index (χ3n) is 3.63. The summed E-state index contributed by atoms with van der Waals surface area (Å²) >= 11 is 0. The lowest BCUT2D eigenvalue weighted by Gasteiger charge is -2.32. The van der Waals surface area contributed by atoms with E-state index < -0.39 is 0 Å². The van der Waals surface area contributed by atoms with Crippen molar-refractivity contribution in [2.75, 3.05) is 26.2 Å². The fraction of sp³-hybridized carbons (Fsp3) is 0.571.